The highest BCUT2D eigenvalue weighted by Gasteiger charge is 2.53. The Morgan fingerprint density at radius 1 is 0.914 bits per heavy atom. The van der Waals surface area contributed by atoms with Crippen molar-refractivity contribution in [3.8, 4) is 0 Å². The van der Waals surface area contributed by atoms with E-state index in [0.29, 0.717) is 39.5 Å². The number of likely N-dealkylation sites (tertiary alicyclic amines) is 1. The topological polar surface area (TPSA) is 61.4 Å². The van der Waals surface area contributed by atoms with E-state index in [1.807, 2.05) is 0 Å². The SMILES string of the molecule is O=C(NCCN1CCCCC1)[C@H](Cc1ccc(Cl)cc1Cl)NC(=O)C1(c2ccc(Cl)cc2Cl)CC1. The molecule has 1 aliphatic carbocycles. The van der Waals surface area contributed by atoms with E-state index in [-0.39, 0.29) is 18.2 Å². The maximum atomic E-state index is 13.5. The maximum absolute atomic E-state index is 13.5. The summed E-state index contributed by atoms with van der Waals surface area (Å²) in [5.41, 5.74) is 0.717. The molecule has 1 saturated carbocycles. The summed E-state index contributed by atoms with van der Waals surface area (Å²) < 4.78 is 0. The maximum Gasteiger partial charge on any atom is 0.242 e. The van der Waals surface area contributed by atoms with Gasteiger partial charge >= 0.3 is 0 Å². The van der Waals surface area contributed by atoms with Crippen LogP contribution in [0.25, 0.3) is 0 Å². The molecule has 0 unspecified atom stereocenters. The molecule has 1 heterocycles. The lowest BCUT2D eigenvalue weighted by molar-refractivity contribution is -0.130. The standard InChI is InChI=1S/C26H29Cl4N3O2/c27-18-5-4-17(21(29)15-18)14-23(24(34)31-10-13-33-11-2-1-3-12-33)32-25(35)26(8-9-26)20-7-6-19(28)16-22(20)30/h4-7,15-16,23H,1-3,8-14H2,(H,31,34)(H,32,35)/t23-/m0/s1. The number of carbonyl (C=O) groups excluding carboxylic acids is 2. The van der Waals surface area contributed by atoms with Crippen LogP contribution in [0.1, 0.15) is 43.2 Å². The highest BCUT2D eigenvalue weighted by molar-refractivity contribution is 6.35. The molecule has 0 aromatic heterocycles. The Kier molecular flexibility index (Phi) is 8.88. The second-order valence-electron chi connectivity index (χ2n) is 9.37. The van der Waals surface area contributed by atoms with Crippen LogP contribution < -0.4 is 10.6 Å². The van der Waals surface area contributed by atoms with Crippen molar-refractivity contribution in [3.63, 3.8) is 0 Å². The fourth-order valence-electron chi connectivity index (χ4n) is 4.68. The number of nitrogens with zero attached hydrogens (tertiary/aromatic N) is 1. The van der Waals surface area contributed by atoms with Crippen LogP contribution in [0.3, 0.4) is 0 Å². The number of nitrogens with one attached hydrogen (secondary N) is 2. The molecule has 2 aliphatic rings. The van der Waals surface area contributed by atoms with Gasteiger partial charge in [0.05, 0.1) is 5.41 Å². The van der Waals surface area contributed by atoms with Gasteiger partial charge in [-0.2, -0.15) is 0 Å². The molecule has 5 nitrogen and oxygen atoms in total. The number of hydrogen-bond acceptors (Lipinski definition) is 3. The second-order valence-corrected chi connectivity index (χ2v) is 11.1. The molecule has 2 amide bonds. The summed E-state index contributed by atoms with van der Waals surface area (Å²) in [6, 6.07) is 9.53. The third-order valence-corrected chi connectivity index (χ3v) is 8.00. The average Bonchev–Trinajstić information content (AvgIpc) is 3.62. The first-order valence-corrected chi connectivity index (χ1v) is 13.5. The number of rotatable bonds is 9. The van der Waals surface area contributed by atoms with Crippen molar-refractivity contribution in [1.82, 2.24) is 15.5 Å². The molecule has 2 aromatic rings. The van der Waals surface area contributed by atoms with Crippen LogP contribution in [0.15, 0.2) is 36.4 Å². The van der Waals surface area contributed by atoms with Gasteiger partial charge in [0.25, 0.3) is 0 Å². The molecule has 0 bridgehead atoms. The van der Waals surface area contributed by atoms with E-state index in [1.54, 1.807) is 36.4 Å². The fraction of sp³-hybridized carbons (Fsp3) is 0.462. The first-order valence-electron chi connectivity index (χ1n) is 12.0. The molecule has 35 heavy (non-hydrogen) atoms. The molecule has 1 saturated heterocycles. The number of carbonyl (C=O) groups is 2. The van der Waals surface area contributed by atoms with Crippen molar-refractivity contribution in [2.45, 2.75) is 50.0 Å². The minimum atomic E-state index is -0.786. The average molecular weight is 557 g/mol. The molecule has 0 spiro atoms. The third-order valence-electron chi connectivity index (χ3n) is 6.87. The van der Waals surface area contributed by atoms with Gasteiger partial charge in [-0.1, -0.05) is 65.0 Å². The predicted molar refractivity (Wildman–Crippen MR) is 143 cm³/mol. The number of piperidine rings is 1. The summed E-state index contributed by atoms with van der Waals surface area (Å²) in [4.78, 5) is 29.1. The molecule has 9 heteroatoms. The molecule has 2 N–H and O–H groups in total. The Bertz CT molecular complexity index is 1080. The fourth-order valence-corrected chi connectivity index (χ4v) is 5.75. The van der Waals surface area contributed by atoms with Crippen LogP contribution in [0.2, 0.25) is 20.1 Å². The molecule has 2 fully saturated rings. The van der Waals surface area contributed by atoms with Crippen molar-refractivity contribution in [3.05, 3.63) is 67.6 Å². The van der Waals surface area contributed by atoms with Crippen LogP contribution in [-0.2, 0) is 21.4 Å². The zero-order valence-corrected chi connectivity index (χ0v) is 22.4. The molecular weight excluding hydrogens is 528 g/mol. The molecule has 2 aromatic carbocycles. The van der Waals surface area contributed by atoms with Crippen molar-refractivity contribution in [1.29, 1.82) is 0 Å². The van der Waals surface area contributed by atoms with Gasteiger partial charge in [-0.3, -0.25) is 9.59 Å². The van der Waals surface area contributed by atoms with Crippen LogP contribution >= 0.6 is 46.4 Å². The Morgan fingerprint density at radius 2 is 1.57 bits per heavy atom. The normalized spacial score (nSPS) is 18.1. The van der Waals surface area contributed by atoms with Crippen molar-refractivity contribution in [2.75, 3.05) is 26.2 Å². The Labute approximate surface area is 226 Å². The van der Waals surface area contributed by atoms with Gasteiger partial charge in [0.15, 0.2) is 0 Å². The van der Waals surface area contributed by atoms with E-state index >= 15 is 0 Å². The smallest absolute Gasteiger partial charge is 0.242 e. The quantitative estimate of drug-likeness (QED) is 0.419. The summed E-state index contributed by atoms with van der Waals surface area (Å²) in [5, 5.41) is 7.94. The highest BCUT2D eigenvalue weighted by Crippen LogP contribution is 2.51. The van der Waals surface area contributed by atoms with E-state index in [9.17, 15) is 9.59 Å². The van der Waals surface area contributed by atoms with Gasteiger partial charge < -0.3 is 15.5 Å². The molecule has 1 aliphatic heterocycles. The summed E-state index contributed by atoms with van der Waals surface area (Å²) in [7, 11) is 0. The van der Waals surface area contributed by atoms with E-state index in [4.69, 9.17) is 46.4 Å². The predicted octanol–water partition coefficient (Wildman–Crippen LogP) is 5.66. The lowest BCUT2D eigenvalue weighted by atomic mass is 9.94. The van der Waals surface area contributed by atoms with Crippen molar-refractivity contribution in [2.24, 2.45) is 0 Å². The van der Waals surface area contributed by atoms with Crippen LogP contribution in [-0.4, -0.2) is 48.9 Å². The molecule has 188 valence electrons. The van der Waals surface area contributed by atoms with Gasteiger partial charge in [0, 0.05) is 39.6 Å². The molecule has 1 atom stereocenters. The van der Waals surface area contributed by atoms with Crippen LogP contribution in [0, 0.1) is 0 Å². The van der Waals surface area contributed by atoms with E-state index in [2.05, 4.69) is 15.5 Å². The number of amides is 2. The lowest BCUT2D eigenvalue weighted by Gasteiger charge is -2.27. The summed E-state index contributed by atoms with van der Waals surface area (Å²) in [5.74, 6) is -0.456. The number of benzene rings is 2. The van der Waals surface area contributed by atoms with E-state index in [1.165, 1.54) is 19.3 Å². The monoisotopic (exact) mass is 555 g/mol. The first-order chi connectivity index (χ1) is 16.8. The summed E-state index contributed by atoms with van der Waals surface area (Å²) in [6.45, 7) is 3.42. The third kappa shape index (κ3) is 6.64. The zero-order chi connectivity index (χ0) is 25.0. The van der Waals surface area contributed by atoms with Gasteiger partial charge in [0.1, 0.15) is 6.04 Å². The van der Waals surface area contributed by atoms with Gasteiger partial charge in [-0.05, 0) is 74.2 Å². The minimum absolute atomic E-state index is 0.219. The zero-order valence-electron chi connectivity index (χ0n) is 19.4. The first kappa shape index (κ1) is 26.6. The van der Waals surface area contributed by atoms with E-state index in [0.717, 1.165) is 30.8 Å². The Morgan fingerprint density at radius 3 is 2.20 bits per heavy atom. The Balaban J connectivity index is 1.48. The van der Waals surface area contributed by atoms with Gasteiger partial charge in [0.2, 0.25) is 11.8 Å². The minimum Gasteiger partial charge on any atom is -0.353 e. The lowest BCUT2D eigenvalue weighted by Crippen LogP contribution is -2.52. The van der Waals surface area contributed by atoms with Crippen molar-refractivity contribution >= 4 is 58.2 Å². The van der Waals surface area contributed by atoms with Gasteiger partial charge in [-0.25, -0.2) is 0 Å². The Hall–Kier alpha value is -1.50. The van der Waals surface area contributed by atoms with Crippen LogP contribution in [0.4, 0.5) is 0 Å². The van der Waals surface area contributed by atoms with Gasteiger partial charge in [-0.15, -0.1) is 0 Å². The molecule has 4 rings (SSSR count). The number of hydrogen-bond donors (Lipinski definition) is 2. The largest absolute Gasteiger partial charge is 0.353 e. The van der Waals surface area contributed by atoms with Crippen molar-refractivity contribution < 1.29 is 9.59 Å². The van der Waals surface area contributed by atoms with Crippen LogP contribution in [0.5, 0.6) is 0 Å². The summed E-state index contributed by atoms with van der Waals surface area (Å²) >= 11 is 24.9. The second kappa shape index (κ2) is 11.7. The molecule has 0 radical (unpaired) electrons. The highest BCUT2D eigenvalue weighted by atomic mass is 35.5. The summed E-state index contributed by atoms with van der Waals surface area (Å²) in [6.07, 6.45) is 5.21. The number of halogens is 4. The molecular formula is C26H29Cl4N3O2. The van der Waals surface area contributed by atoms with E-state index < -0.39 is 11.5 Å².